The molecule has 0 spiro atoms. The van der Waals surface area contributed by atoms with Gasteiger partial charge in [0, 0.05) is 11.1 Å². The van der Waals surface area contributed by atoms with Gasteiger partial charge in [-0.1, -0.05) is 67.9 Å². The van der Waals surface area contributed by atoms with Crippen LogP contribution in [0, 0.1) is 0 Å². The summed E-state index contributed by atoms with van der Waals surface area (Å²) in [5.74, 6) is 1.13. The van der Waals surface area contributed by atoms with Gasteiger partial charge < -0.3 is 14.5 Å². The van der Waals surface area contributed by atoms with Crippen LogP contribution >= 0.6 is 23.8 Å². The van der Waals surface area contributed by atoms with Crippen LogP contribution in [0.1, 0.15) is 47.7 Å². The van der Waals surface area contributed by atoms with Gasteiger partial charge in [0.1, 0.15) is 17.9 Å². The van der Waals surface area contributed by atoms with Crippen LogP contribution in [0.25, 0.3) is 22.6 Å². The van der Waals surface area contributed by atoms with E-state index < -0.39 is 0 Å². The summed E-state index contributed by atoms with van der Waals surface area (Å²) in [7, 11) is 0. The number of amides is 1. The molecule has 1 amide bonds. The number of fused-ring (bicyclic) bond motifs is 1. The SMILES string of the molecule is CC[C@H](C)c1ccc2oc(-c3ccc(Cl)c(NC(=S)NC(=O)c4cccc(OCc5ccccc5)c4)c3)nc2c1. The number of carbonyl (C=O) groups excluding carboxylic acids is 1. The van der Waals surface area contributed by atoms with E-state index in [0.29, 0.717) is 46.0 Å². The molecule has 5 aromatic rings. The van der Waals surface area contributed by atoms with Gasteiger partial charge >= 0.3 is 0 Å². The van der Waals surface area contributed by atoms with Crippen LogP contribution in [0.5, 0.6) is 5.75 Å². The number of halogens is 1. The molecule has 0 aliphatic heterocycles. The Morgan fingerprint density at radius 3 is 2.65 bits per heavy atom. The number of oxazole rings is 1. The maximum Gasteiger partial charge on any atom is 0.257 e. The number of nitrogens with one attached hydrogen (secondary N) is 2. The molecule has 6 nitrogen and oxygen atoms in total. The fraction of sp³-hybridized carbons (Fsp3) is 0.156. The minimum absolute atomic E-state index is 0.107. The molecule has 2 N–H and O–H groups in total. The molecule has 0 bridgehead atoms. The summed E-state index contributed by atoms with van der Waals surface area (Å²) in [4.78, 5) is 17.6. The van der Waals surface area contributed by atoms with Gasteiger partial charge in [-0.15, -0.1) is 0 Å². The number of anilines is 1. The Labute approximate surface area is 243 Å². The third-order valence-corrected chi connectivity index (χ3v) is 7.16. The first kappa shape index (κ1) is 27.4. The highest BCUT2D eigenvalue weighted by Gasteiger charge is 2.15. The average molecular weight is 570 g/mol. The first-order chi connectivity index (χ1) is 19.4. The number of nitrogens with zero attached hydrogens (tertiary/aromatic N) is 1. The van der Waals surface area contributed by atoms with E-state index in [1.807, 2.05) is 42.5 Å². The Hall–Kier alpha value is -4.20. The Bertz CT molecular complexity index is 1670. The largest absolute Gasteiger partial charge is 0.489 e. The number of hydrogen-bond acceptors (Lipinski definition) is 5. The van der Waals surface area contributed by atoms with Gasteiger partial charge in [0.25, 0.3) is 5.91 Å². The third kappa shape index (κ3) is 6.50. The molecule has 40 heavy (non-hydrogen) atoms. The standard InChI is InChI=1S/C32H28ClN3O3S/c1-3-20(2)22-13-15-29-28(17-22)34-31(39-29)24-12-14-26(33)27(18-24)35-32(40)36-30(37)23-10-7-11-25(16-23)38-19-21-8-5-4-6-9-21/h4-18,20H,3,19H2,1-2H3,(H2,35,36,37,40)/t20-/m0/s1. The lowest BCUT2D eigenvalue weighted by molar-refractivity contribution is 0.0977. The molecule has 0 saturated carbocycles. The summed E-state index contributed by atoms with van der Waals surface area (Å²) in [6.45, 7) is 4.76. The van der Waals surface area contributed by atoms with Crippen molar-refractivity contribution < 1.29 is 13.9 Å². The zero-order chi connectivity index (χ0) is 28.1. The van der Waals surface area contributed by atoms with E-state index in [-0.39, 0.29) is 11.0 Å². The summed E-state index contributed by atoms with van der Waals surface area (Å²) < 4.78 is 11.8. The highest BCUT2D eigenvalue weighted by Crippen LogP contribution is 2.32. The molecule has 1 atom stereocenters. The van der Waals surface area contributed by atoms with Crippen LogP contribution in [-0.4, -0.2) is 16.0 Å². The Balaban J connectivity index is 1.26. The van der Waals surface area contributed by atoms with Crippen molar-refractivity contribution >= 4 is 51.6 Å². The van der Waals surface area contributed by atoms with E-state index in [0.717, 1.165) is 23.1 Å². The van der Waals surface area contributed by atoms with Gasteiger partial charge in [0.2, 0.25) is 5.89 Å². The minimum atomic E-state index is -0.369. The Morgan fingerprint density at radius 2 is 1.85 bits per heavy atom. The van der Waals surface area contributed by atoms with Gasteiger partial charge in [-0.05, 0) is 84.2 Å². The van der Waals surface area contributed by atoms with E-state index in [1.165, 1.54) is 5.56 Å². The van der Waals surface area contributed by atoms with Crippen LogP contribution in [0.15, 0.2) is 95.4 Å². The van der Waals surface area contributed by atoms with Crippen molar-refractivity contribution in [3.63, 3.8) is 0 Å². The molecule has 0 aliphatic carbocycles. The fourth-order valence-electron chi connectivity index (χ4n) is 4.16. The molecule has 0 fully saturated rings. The Kier molecular flexibility index (Phi) is 8.43. The fourth-order valence-corrected chi connectivity index (χ4v) is 4.53. The van der Waals surface area contributed by atoms with Gasteiger partial charge in [-0.25, -0.2) is 4.98 Å². The lowest BCUT2D eigenvalue weighted by Crippen LogP contribution is -2.34. The number of hydrogen-bond donors (Lipinski definition) is 2. The van der Waals surface area contributed by atoms with Gasteiger partial charge in [0.15, 0.2) is 10.7 Å². The first-order valence-electron chi connectivity index (χ1n) is 13.0. The maximum absolute atomic E-state index is 12.9. The second kappa shape index (κ2) is 12.3. The molecule has 5 rings (SSSR count). The zero-order valence-corrected chi connectivity index (χ0v) is 23.7. The molecule has 0 saturated heterocycles. The average Bonchev–Trinajstić information content (AvgIpc) is 3.41. The quantitative estimate of drug-likeness (QED) is 0.183. The van der Waals surface area contributed by atoms with Crippen LogP contribution in [0.4, 0.5) is 5.69 Å². The van der Waals surface area contributed by atoms with Gasteiger partial charge in [-0.2, -0.15) is 0 Å². The minimum Gasteiger partial charge on any atom is -0.489 e. The van der Waals surface area contributed by atoms with E-state index in [2.05, 4.69) is 41.6 Å². The normalized spacial score (nSPS) is 11.7. The van der Waals surface area contributed by atoms with Crippen molar-refractivity contribution in [2.75, 3.05) is 5.32 Å². The van der Waals surface area contributed by atoms with Crippen LogP contribution in [-0.2, 0) is 6.61 Å². The number of benzene rings is 4. The Morgan fingerprint density at radius 1 is 1.02 bits per heavy atom. The van der Waals surface area contributed by atoms with Crippen LogP contribution in [0.3, 0.4) is 0 Å². The van der Waals surface area contributed by atoms with Gasteiger partial charge in [0.05, 0.1) is 10.7 Å². The van der Waals surface area contributed by atoms with Crippen LogP contribution in [0.2, 0.25) is 5.02 Å². The monoisotopic (exact) mass is 569 g/mol. The predicted molar refractivity (Wildman–Crippen MR) is 164 cm³/mol. The molecule has 1 aromatic heterocycles. The van der Waals surface area contributed by atoms with Crippen molar-refractivity contribution in [2.24, 2.45) is 0 Å². The first-order valence-corrected chi connectivity index (χ1v) is 13.8. The highest BCUT2D eigenvalue weighted by molar-refractivity contribution is 7.80. The molecule has 8 heteroatoms. The molecule has 4 aromatic carbocycles. The number of thiocarbonyl (C=S) groups is 1. The summed E-state index contributed by atoms with van der Waals surface area (Å²) in [5.41, 5.74) is 5.44. The van der Waals surface area contributed by atoms with Crippen molar-refractivity contribution in [3.05, 3.63) is 113 Å². The third-order valence-electron chi connectivity index (χ3n) is 6.63. The molecular weight excluding hydrogens is 542 g/mol. The van der Waals surface area contributed by atoms with Crippen LogP contribution < -0.4 is 15.4 Å². The van der Waals surface area contributed by atoms with Crippen molar-refractivity contribution in [3.8, 4) is 17.2 Å². The smallest absolute Gasteiger partial charge is 0.257 e. The predicted octanol–water partition coefficient (Wildman–Crippen LogP) is 8.37. The summed E-state index contributed by atoms with van der Waals surface area (Å²) in [6.07, 6.45) is 1.05. The second-order valence-corrected chi connectivity index (χ2v) is 10.3. The summed E-state index contributed by atoms with van der Waals surface area (Å²) >= 11 is 11.8. The van der Waals surface area contributed by atoms with Crippen molar-refractivity contribution in [1.29, 1.82) is 0 Å². The molecule has 0 aliphatic rings. The lowest BCUT2D eigenvalue weighted by Gasteiger charge is -2.12. The van der Waals surface area contributed by atoms with E-state index >= 15 is 0 Å². The van der Waals surface area contributed by atoms with E-state index in [1.54, 1.807) is 36.4 Å². The lowest BCUT2D eigenvalue weighted by atomic mass is 9.98. The maximum atomic E-state index is 12.9. The molecule has 1 heterocycles. The molecule has 0 radical (unpaired) electrons. The van der Waals surface area contributed by atoms with Crippen molar-refractivity contribution in [2.45, 2.75) is 32.8 Å². The molecule has 0 unspecified atom stereocenters. The number of carbonyl (C=O) groups is 1. The number of ether oxygens (including phenoxy) is 1. The van der Waals surface area contributed by atoms with E-state index in [4.69, 9.17) is 33.0 Å². The number of aromatic nitrogens is 1. The second-order valence-electron chi connectivity index (χ2n) is 9.46. The summed E-state index contributed by atoms with van der Waals surface area (Å²) in [5, 5.41) is 6.26. The topological polar surface area (TPSA) is 76.4 Å². The highest BCUT2D eigenvalue weighted by atomic mass is 35.5. The summed E-state index contributed by atoms with van der Waals surface area (Å²) in [6, 6.07) is 28.2. The zero-order valence-electron chi connectivity index (χ0n) is 22.1. The van der Waals surface area contributed by atoms with Gasteiger partial charge in [-0.3, -0.25) is 10.1 Å². The molecule has 202 valence electrons. The number of rotatable bonds is 8. The van der Waals surface area contributed by atoms with E-state index in [9.17, 15) is 4.79 Å². The molecular formula is C32H28ClN3O3S. The van der Waals surface area contributed by atoms with Crippen molar-refractivity contribution in [1.82, 2.24) is 10.3 Å².